The number of thiazole rings is 1. The summed E-state index contributed by atoms with van der Waals surface area (Å²) >= 11 is 1.60. The van der Waals surface area contributed by atoms with Crippen molar-refractivity contribution >= 4 is 17.2 Å². The van der Waals surface area contributed by atoms with Gasteiger partial charge in [0.05, 0.1) is 13.2 Å². The van der Waals surface area contributed by atoms with Crippen LogP contribution in [0.3, 0.4) is 0 Å². The molecule has 0 aliphatic carbocycles. The van der Waals surface area contributed by atoms with Crippen LogP contribution in [0.5, 0.6) is 5.75 Å². The van der Waals surface area contributed by atoms with Gasteiger partial charge in [-0.15, -0.1) is 11.3 Å². The first-order chi connectivity index (χ1) is 9.74. The number of amides is 1. The molecule has 0 saturated carbocycles. The average molecular weight is 290 g/mol. The van der Waals surface area contributed by atoms with Crippen LogP contribution in [0.4, 0.5) is 0 Å². The predicted octanol–water partition coefficient (Wildman–Crippen LogP) is 2.93. The SMILES string of the molecule is Cc1cnc(CNC(=O)CCCOc2ccccc2)s1. The Kier molecular flexibility index (Phi) is 5.55. The Morgan fingerprint density at radius 1 is 1.35 bits per heavy atom. The van der Waals surface area contributed by atoms with Gasteiger partial charge in [0, 0.05) is 17.5 Å². The van der Waals surface area contributed by atoms with E-state index in [-0.39, 0.29) is 5.91 Å². The van der Waals surface area contributed by atoms with Crippen molar-refractivity contribution in [2.24, 2.45) is 0 Å². The molecular formula is C15H18N2O2S. The summed E-state index contributed by atoms with van der Waals surface area (Å²) in [6.45, 7) is 3.06. The van der Waals surface area contributed by atoms with Gasteiger partial charge >= 0.3 is 0 Å². The second-order valence-corrected chi connectivity index (χ2v) is 5.73. The molecule has 2 rings (SSSR count). The minimum absolute atomic E-state index is 0.0366. The van der Waals surface area contributed by atoms with Gasteiger partial charge in [-0.3, -0.25) is 4.79 Å². The molecule has 0 aliphatic heterocycles. The Morgan fingerprint density at radius 2 is 2.15 bits per heavy atom. The van der Waals surface area contributed by atoms with Crippen molar-refractivity contribution in [2.75, 3.05) is 6.61 Å². The van der Waals surface area contributed by atoms with E-state index in [9.17, 15) is 4.79 Å². The first kappa shape index (κ1) is 14.5. The molecule has 106 valence electrons. The Balaban J connectivity index is 1.58. The predicted molar refractivity (Wildman–Crippen MR) is 79.9 cm³/mol. The molecule has 2 aromatic rings. The first-order valence-corrected chi connectivity index (χ1v) is 7.41. The summed E-state index contributed by atoms with van der Waals surface area (Å²) < 4.78 is 5.53. The number of hydrogen-bond acceptors (Lipinski definition) is 4. The Morgan fingerprint density at radius 3 is 2.85 bits per heavy atom. The van der Waals surface area contributed by atoms with Crippen LogP contribution in [0.2, 0.25) is 0 Å². The number of nitrogens with zero attached hydrogens (tertiary/aromatic N) is 1. The fourth-order valence-corrected chi connectivity index (χ4v) is 2.41. The molecule has 1 aromatic heterocycles. The first-order valence-electron chi connectivity index (χ1n) is 6.60. The maximum atomic E-state index is 11.6. The van der Waals surface area contributed by atoms with E-state index in [0.29, 0.717) is 26.0 Å². The van der Waals surface area contributed by atoms with Crippen LogP contribution in [-0.2, 0) is 11.3 Å². The van der Waals surface area contributed by atoms with Crippen molar-refractivity contribution < 1.29 is 9.53 Å². The topological polar surface area (TPSA) is 51.2 Å². The van der Waals surface area contributed by atoms with Gasteiger partial charge in [-0.25, -0.2) is 4.98 Å². The molecular weight excluding hydrogens is 272 g/mol. The average Bonchev–Trinajstić information content (AvgIpc) is 2.88. The standard InChI is InChI=1S/C15H18N2O2S/c1-12-10-17-15(20-12)11-16-14(18)8-5-9-19-13-6-3-2-4-7-13/h2-4,6-7,10H,5,8-9,11H2,1H3,(H,16,18). The lowest BCUT2D eigenvalue weighted by molar-refractivity contribution is -0.121. The smallest absolute Gasteiger partial charge is 0.220 e. The van der Waals surface area contributed by atoms with Crippen LogP contribution in [0.1, 0.15) is 22.7 Å². The summed E-state index contributed by atoms with van der Waals surface area (Å²) in [5.41, 5.74) is 0. The number of carbonyl (C=O) groups excluding carboxylic acids is 1. The van der Waals surface area contributed by atoms with Crippen molar-refractivity contribution in [3.63, 3.8) is 0 Å². The molecule has 0 aliphatic rings. The number of aromatic nitrogens is 1. The second kappa shape index (κ2) is 7.65. The lowest BCUT2D eigenvalue weighted by atomic mass is 10.3. The van der Waals surface area contributed by atoms with E-state index in [1.165, 1.54) is 0 Å². The number of ether oxygens (including phenoxy) is 1. The monoisotopic (exact) mass is 290 g/mol. The van der Waals surface area contributed by atoms with E-state index in [1.54, 1.807) is 11.3 Å². The fraction of sp³-hybridized carbons (Fsp3) is 0.333. The molecule has 0 saturated heterocycles. The number of hydrogen-bond donors (Lipinski definition) is 1. The lowest BCUT2D eigenvalue weighted by Gasteiger charge is -2.06. The Labute approximate surface area is 122 Å². The minimum Gasteiger partial charge on any atom is -0.494 e. The molecule has 0 fully saturated rings. The largest absolute Gasteiger partial charge is 0.494 e. The number of rotatable bonds is 7. The zero-order valence-corrected chi connectivity index (χ0v) is 12.3. The molecule has 1 heterocycles. The van der Waals surface area contributed by atoms with E-state index in [4.69, 9.17) is 4.74 Å². The zero-order valence-electron chi connectivity index (χ0n) is 11.5. The highest BCUT2D eigenvalue weighted by Crippen LogP contribution is 2.11. The van der Waals surface area contributed by atoms with Crippen molar-refractivity contribution in [3.8, 4) is 5.75 Å². The van der Waals surface area contributed by atoms with Crippen molar-refractivity contribution in [3.05, 3.63) is 46.4 Å². The number of aryl methyl sites for hydroxylation is 1. The van der Waals surface area contributed by atoms with Gasteiger partial charge in [-0.1, -0.05) is 18.2 Å². The third-order valence-electron chi connectivity index (χ3n) is 2.67. The number of carbonyl (C=O) groups is 1. The van der Waals surface area contributed by atoms with Crippen LogP contribution in [0.25, 0.3) is 0 Å². The van der Waals surface area contributed by atoms with Gasteiger partial charge in [0.15, 0.2) is 0 Å². The van der Waals surface area contributed by atoms with E-state index in [1.807, 2.05) is 43.5 Å². The molecule has 5 heteroatoms. The van der Waals surface area contributed by atoms with Gasteiger partial charge in [0.1, 0.15) is 10.8 Å². The van der Waals surface area contributed by atoms with Gasteiger partial charge in [0.25, 0.3) is 0 Å². The quantitative estimate of drug-likeness (QED) is 0.798. The molecule has 20 heavy (non-hydrogen) atoms. The van der Waals surface area contributed by atoms with Crippen molar-refractivity contribution in [1.29, 1.82) is 0 Å². The highest BCUT2D eigenvalue weighted by atomic mass is 32.1. The van der Waals surface area contributed by atoms with Crippen molar-refractivity contribution in [2.45, 2.75) is 26.3 Å². The van der Waals surface area contributed by atoms with Crippen LogP contribution >= 0.6 is 11.3 Å². The van der Waals surface area contributed by atoms with E-state index in [0.717, 1.165) is 15.6 Å². The normalized spacial score (nSPS) is 10.2. The number of para-hydroxylation sites is 1. The fourth-order valence-electron chi connectivity index (χ4n) is 1.69. The zero-order chi connectivity index (χ0) is 14.2. The molecule has 1 aromatic carbocycles. The van der Waals surface area contributed by atoms with Gasteiger partial charge < -0.3 is 10.1 Å². The van der Waals surface area contributed by atoms with E-state index >= 15 is 0 Å². The van der Waals surface area contributed by atoms with Crippen molar-refractivity contribution in [1.82, 2.24) is 10.3 Å². The second-order valence-electron chi connectivity index (χ2n) is 4.41. The molecule has 0 radical (unpaired) electrons. The molecule has 1 N–H and O–H groups in total. The summed E-state index contributed by atoms with van der Waals surface area (Å²) in [6.07, 6.45) is 2.99. The third kappa shape index (κ3) is 5.01. The van der Waals surface area contributed by atoms with Gasteiger partial charge in [-0.2, -0.15) is 0 Å². The molecule has 4 nitrogen and oxygen atoms in total. The molecule has 0 bridgehead atoms. The van der Waals surface area contributed by atoms with Gasteiger partial charge in [-0.05, 0) is 25.5 Å². The van der Waals surface area contributed by atoms with E-state index < -0.39 is 0 Å². The highest BCUT2D eigenvalue weighted by Gasteiger charge is 2.03. The van der Waals surface area contributed by atoms with Crippen LogP contribution < -0.4 is 10.1 Å². The highest BCUT2D eigenvalue weighted by molar-refractivity contribution is 7.11. The summed E-state index contributed by atoms with van der Waals surface area (Å²) in [5, 5.41) is 3.81. The summed E-state index contributed by atoms with van der Waals surface area (Å²) in [4.78, 5) is 17.0. The number of benzene rings is 1. The Bertz CT molecular complexity index is 540. The summed E-state index contributed by atoms with van der Waals surface area (Å²) in [6, 6.07) is 9.62. The molecule has 0 spiro atoms. The van der Waals surface area contributed by atoms with E-state index in [2.05, 4.69) is 10.3 Å². The van der Waals surface area contributed by atoms with Crippen LogP contribution in [-0.4, -0.2) is 17.5 Å². The third-order valence-corrected chi connectivity index (χ3v) is 3.58. The minimum atomic E-state index is 0.0366. The maximum absolute atomic E-state index is 11.6. The molecule has 0 atom stereocenters. The molecule has 1 amide bonds. The van der Waals surface area contributed by atoms with Gasteiger partial charge in [0.2, 0.25) is 5.91 Å². The Hall–Kier alpha value is -1.88. The summed E-state index contributed by atoms with van der Waals surface area (Å²) in [7, 11) is 0. The lowest BCUT2D eigenvalue weighted by Crippen LogP contribution is -2.22. The maximum Gasteiger partial charge on any atom is 0.220 e. The van der Waals surface area contributed by atoms with Crippen LogP contribution in [0.15, 0.2) is 36.5 Å². The summed E-state index contributed by atoms with van der Waals surface area (Å²) in [5.74, 6) is 0.876. The van der Waals surface area contributed by atoms with Crippen LogP contribution in [0, 0.1) is 6.92 Å². The number of nitrogens with one attached hydrogen (secondary N) is 1. The molecule has 0 unspecified atom stereocenters.